The van der Waals surface area contributed by atoms with Crippen molar-refractivity contribution in [1.29, 1.82) is 0 Å². The summed E-state index contributed by atoms with van der Waals surface area (Å²) >= 11 is 0. The lowest BCUT2D eigenvalue weighted by Gasteiger charge is -2.31. The molecule has 0 aliphatic heterocycles. The molecule has 1 heterocycles. The topological polar surface area (TPSA) is 53.6 Å². The van der Waals surface area contributed by atoms with Crippen molar-refractivity contribution in [2.75, 3.05) is 0 Å². The number of aliphatic hydroxyl groups excluding tert-OH is 1. The van der Waals surface area contributed by atoms with Crippen LogP contribution in [0.15, 0.2) is 23.0 Å². The highest BCUT2D eigenvalue weighted by molar-refractivity contribution is 5.08. The van der Waals surface area contributed by atoms with E-state index in [0.29, 0.717) is 19.3 Å². The third kappa shape index (κ3) is 2.66. The first kappa shape index (κ1) is 11.7. The van der Waals surface area contributed by atoms with Gasteiger partial charge in [-0.15, -0.1) is 0 Å². The zero-order valence-electron chi connectivity index (χ0n) is 9.56. The van der Waals surface area contributed by atoms with Gasteiger partial charge in [0.2, 0.25) is 0 Å². The molecular weight excluding hydrogens is 204 g/mol. The molecule has 1 aromatic heterocycles. The van der Waals surface area contributed by atoms with Crippen LogP contribution in [0.5, 0.6) is 0 Å². The minimum atomic E-state index is -0.895. The van der Waals surface area contributed by atoms with E-state index in [4.69, 9.17) is 4.42 Å². The van der Waals surface area contributed by atoms with Crippen LogP contribution in [0, 0.1) is 0 Å². The van der Waals surface area contributed by atoms with E-state index in [-0.39, 0.29) is 0 Å². The Kier molecular flexibility index (Phi) is 3.66. The molecule has 1 fully saturated rings. The summed E-state index contributed by atoms with van der Waals surface area (Å²) < 4.78 is 4.97. The van der Waals surface area contributed by atoms with Gasteiger partial charge >= 0.3 is 0 Å². The number of hydrogen-bond acceptors (Lipinski definition) is 3. The normalized spacial score (nSPS) is 22.6. The van der Waals surface area contributed by atoms with Crippen molar-refractivity contribution in [2.45, 2.75) is 56.7 Å². The SMILES string of the molecule is OC(Cc1ccoc1)C1(O)CCCCCC1. The lowest BCUT2D eigenvalue weighted by molar-refractivity contribution is -0.0836. The van der Waals surface area contributed by atoms with Crippen LogP contribution in [-0.2, 0) is 6.42 Å². The Morgan fingerprint density at radius 1 is 1.25 bits per heavy atom. The van der Waals surface area contributed by atoms with E-state index in [1.54, 1.807) is 12.5 Å². The molecule has 0 radical (unpaired) electrons. The van der Waals surface area contributed by atoms with Crippen LogP contribution < -0.4 is 0 Å². The van der Waals surface area contributed by atoms with Crippen molar-refractivity contribution in [3.8, 4) is 0 Å². The van der Waals surface area contributed by atoms with Crippen LogP contribution >= 0.6 is 0 Å². The molecule has 2 rings (SSSR count). The van der Waals surface area contributed by atoms with Crippen LogP contribution in [-0.4, -0.2) is 21.9 Å². The molecule has 3 nitrogen and oxygen atoms in total. The van der Waals surface area contributed by atoms with Crippen LogP contribution in [0.4, 0.5) is 0 Å². The number of furan rings is 1. The predicted molar refractivity (Wildman–Crippen MR) is 61.1 cm³/mol. The summed E-state index contributed by atoms with van der Waals surface area (Å²) in [5.74, 6) is 0. The van der Waals surface area contributed by atoms with Gasteiger partial charge in [-0.05, 0) is 24.5 Å². The summed E-state index contributed by atoms with van der Waals surface area (Å²) in [6.45, 7) is 0. The third-order valence-corrected chi connectivity index (χ3v) is 3.60. The molecule has 0 amide bonds. The van der Waals surface area contributed by atoms with Crippen molar-refractivity contribution in [3.05, 3.63) is 24.2 Å². The monoisotopic (exact) mass is 224 g/mol. The molecule has 0 spiro atoms. The first-order valence-electron chi connectivity index (χ1n) is 6.12. The van der Waals surface area contributed by atoms with Crippen LogP contribution in [0.2, 0.25) is 0 Å². The van der Waals surface area contributed by atoms with Gasteiger partial charge in [0.15, 0.2) is 0 Å². The van der Waals surface area contributed by atoms with E-state index in [1.165, 1.54) is 12.8 Å². The summed E-state index contributed by atoms with van der Waals surface area (Å²) in [7, 11) is 0. The highest BCUT2D eigenvalue weighted by atomic mass is 16.3. The lowest BCUT2D eigenvalue weighted by Crippen LogP contribution is -2.43. The van der Waals surface area contributed by atoms with E-state index in [1.807, 2.05) is 6.07 Å². The molecule has 2 N–H and O–H groups in total. The highest BCUT2D eigenvalue weighted by Crippen LogP contribution is 2.31. The van der Waals surface area contributed by atoms with Gasteiger partial charge < -0.3 is 14.6 Å². The molecule has 1 aromatic rings. The largest absolute Gasteiger partial charge is 0.472 e. The van der Waals surface area contributed by atoms with Crippen LogP contribution in [0.3, 0.4) is 0 Å². The fraction of sp³-hybridized carbons (Fsp3) is 0.692. The number of aliphatic hydroxyl groups is 2. The maximum atomic E-state index is 10.4. The summed E-state index contributed by atoms with van der Waals surface area (Å²) in [5, 5.41) is 20.6. The second-order valence-corrected chi connectivity index (χ2v) is 4.87. The third-order valence-electron chi connectivity index (χ3n) is 3.60. The first-order valence-corrected chi connectivity index (χ1v) is 6.12. The Hall–Kier alpha value is -0.800. The Labute approximate surface area is 96.1 Å². The Morgan fingerprint density at radius 2 is 1.94 bits per heavy atom. The molecule has 3 heteroatoms. The van der Waals surface area contributed by atoms with E-state index < -0.39 is 11.7 Å². The summed E-state index contributed by atoms with van der Waals surface area (Å²) in [6.07, 6.45) is 8.82. The standard InChI is InChI=1S/C13H20O3/c14-12(9-11-5-8-16-10-11)13(15)6-3-1-2-4-7-13/h5,8,10,12,14-15H,1-4,6-7,9H2. The van der Waals surface area contributed by atoms with E-state index in [2.05, 4.69) is 0 Å². The van der Waals surface area contributed by atoms with Gasteiger partial charge in [0, 0.05) is 6.42 Å². The summed E-state index contributed by atoms with van der Waals surface area (Å²) in [4.78, 5) is 0. The average Bonchev–Trinajstić information content (AvgIpc) is 2.66. The average molecular weight is 224 g/mol. The van der Waals surface area contributed by atoms with Gasteiger partial charge in [-0.1, -0.05) is 25.7 Å². The molecule has 0 saturated heterocycles. The fourth-order valence-electron chi connectivity index (χ4n) is 2.50. The van der Waals surface area contributed by atoms with Gasteiger partial charge in [-0.3, -0.25) is 0 Å². The first-order chi connectivity index (χ1) is 7.71. The van der Waals surface area contributed by atoms with Gasteiger partial charge in [0.25, 0.3) is 0 Å². The van der Waals surface area contributed by atoms with Crippen molar-refractivity contribution < 1.29 is 14.6 Å². The van der Waals surface area contributed by atoms with Gasteiger partial charge in [0.1, 0.15) is 0 Å². The van der Waals surface area contributed by atoms with Crippen LogP contribution in [0.1, 0.15) is 44.1 Å². The smallest absolute Gasteiger partial charge is 0.0935 e. The minimum Gasteiger partial charge on any atom is -0.472 e. The van der Waals surface area contributed by atoms with E-state index >= 15 is 0 Å². The molecule has 1 atom stereocenters. The Morgan fingerprint density at radius 3 is 2.50 bits per heavy atom. The zero-order valence-corrected chi connectivity index (χ0v) is 9.56. The van der Waals surface area contributed by atoms with Crippen molar-refractivity contribution in [2.24, 2.45) is 0 Å². The molecule has 1 unspecified atom stereocenters. The van der Waals surface area contributed by atoms with Crippen LogP contribution in [0.25, 0.3) is 0 Å². The van der Waals surface area contributed by atoms with Crippen molar-refractivity contribution in [3.63, 3.8) is 0 Å². The van der Waals surface area contributed by atoms with Gasteiger partial charge in [-0.2, -0.15) is 0 Å². The van der Waals surface area contributed by atoms with Crippen molar-refractivity contribution >= 4 is 0 Å². The van der Waals surface area contributed by atoms with Crippen molar-refractivity contribution in [1.82, 2.24) is 0 Å². The molecule has 1 saturated carbocycles. The summed E-state index contributed by atoms with van der Waals surface area (Å²) in [5.41, 5.74) is 0.0542. The minimum absolute atomic E-state index is 0.479. The van der Waals surface area contributed by atoms with E-state index in [9.17, 15) is 10.2 Å². The number of hydrogen-bond donors (Lipinski definition) is 2. The predicted octanol–water partition coefficient (Wildman–Crippen LogP) is 2.27. The Bertz CT molecular complexity index is 297. The zero-order chi connectivity index (χ0) is 11.4. The molecule has 0 aromatic carbocycles. The molecular formula is C13H20O3. The second-order valence-electron chi connectivity index (χ2n) is 4.87. The second kappa shape index (κ2) is 5.02. The molecule has 1 aliphatic carbocycles. The highest BCUT2D eigenvalue weighted by Gasteiger charge is 2.35. The fourth-order valence-corrected chi connectivity index (χ4v) is 2.50. The lowest BCUT2D eigenvalue weighted by atomic mass is 9.85. The number of rotatable bonds is 3. The van der Waals surface area contributed by atoms with Gasteiger partial charge in [-0.25, -0.2) is 0 Å². The van der Waals surface area contributed by atoms with E-state index in [0.717, 1.165) is 18.4 Å². The molecule has 0 bridgehead atoms. The van der Waals surface area contributed by atoms with Gasteiger partial charge in [0.05, 0.1) is 24.2 Å². The molecule has 90 valence electrons. The maximum absolute atomic E-state index is 10.4. The quantitative estimate of drug-likeness (QED) is 0.774. The maximum Gasteiger partial charge on any atom is 0.0935 e. The summed E-state index contributed by atoms with van der Waals surface area (Å²) in [6, 6.07) is 1.84. The molecule has 1 aliphatic rings. The Balaban J connectivity index is 1.98. The molecule has 16 heavy (non-hydrogen) atoms.